The minimum absolute atomic E-state index is 0.0321. The molecule has 3 rings (SSSR count). The Bertz CT molecular complexity index is 703. The minimum Gasteiger partial charge on any atom is -0.497 e. The molecule has 1 aliphatic heterocycles. The van der Waals surface area contributed by atoms with Gasteiger partial charge in [0, 0.05) is 26.7 Å². The molecule has 2 aromatic carbocycles. The second-order valence-corrected chi connectivity index (χ2v) is 6.60. The molecule has 138 valence electrons. The molecular weight excluding hydrogens is 328 g/mol. The summed E-state index contributed by atoms with van der Waals surface area (Å²) in [6, 6.07) is 18.0. The fourth-order valence-corrected chi connectivity index (χ4v) is 3.12. The Kier molecular flexibility index (Phi) is 6.26. The summed E-state index contributed by atoms with van der Waals surface area (Å²) in [5.74, 6) is 0.942. The molecule has 1 heterocycles. The first-order chi connectivity index (χ1) is 12.7. The SMILES string of the molecule is COc1ccc(CN(C)C(=O)CN2CCOC(c3ccccc3)C2)cc1. The highest BCUT2D eigenvalue weighted by Gasteiger charge is 2.24. The molecule has 0 spiro atoms. The first-order valence-electron chi connectivity index (χ1n) is 8.91. The van der Waals surface area contributed by atoms with E-state index in [9.17, 15) is 4.79 Å². The van der Waals surface area contributed by atoms with E-state index in [2.05, 4.69) is 17.0 Å². The molecule has 1 unspecified atom stereocenters. The lowest BCUT2D eigenvalue weighted by Crippen LogP contribution is -2.44. The number of ether oxygens (including phenoxy) is 2. The van der Waals surface area contributed by atoms with Gasteiger partial charge in [0.2, 0.25) is 5.91 Å². The summed E-state index contributed by atoms with van der Waals surface area (Å²) in [6.45, 7) is 3.18. The van der Waals surface area contributed by atoms with Crippen LogP contribution in [0.5, 0.6) is 5.75 Å². The van der Waals surface area contributed by atoms with Crippen molar-refractivity contribution in [1.82, 2.24) is 9.80 Å². The molecule has 0 radical (unpaired) electrons. The smallest absolute Gasteiger partial charge is 0.236 e. The van der Waals surface area contributed by atoms with Gasteiger partial charge in [-0.15, -0.1) is 0 Å². The van der Waals surface area contributed by atoms with Crippen LogP contribution in [0.2, 0.25) is 0 Å². The molecule has 1 amide bonds. The van der Waals surface area contributed by atoms with E-state index in [1.165, 1.54) is 0 Å². The van der Waals surface area contributed by atoms with E-state index in [4.69, 9.17) is 9.47 Å². The van der Waals surface area contributed by atoms with E-state index in [0.717, 1.165) is 30.0 Å². The number of amides is 1. The zero-order valence-electron chi connectivity index (χ0n) is 15.4. The molecule has 0 N–H and O–H groups in total. The Morgan fingerprint density at radius 2 is 1.92 bits per heavy atom. The number of hydrogen-bond acceptors (Lipinski definition) is 4. The van der Waals surface area contributed by atoms with Crippen LogP contribution in [0.25, 0.3) is 0 Å². The standard InChI is InChI=1S/C21H26N2O3/c1-22(14-17-8-10-19(25-2)11-9-17)21(24)16-23-12-13-26-20(15-23)18-6-4-3-5-7-18/h3-11,20H,12-16H2,1-2H3. The molecule has 0 aliphatic carbocycles. The molecule has 0 saturated carbocycles. The van der Waals surface area contributed by atoms with Crippen LogP contribution in [0.1, 0.15) is 17.2 Å². The van der Waals surface area contributed by atoms with Gasteiger partial charge in [-0.3, -0.25) is 9.69 Å². The summed E-state index contributed by atoms with van der Waals surface area (Å²) >= 11 is 0. The summed E-state index contributed by atoms with van der Waals surface area (Å²) in [4.78, 5) is 16.5. The molecule has 5 nitrogen and oxygen atoms in total. The summed E-state index contributed by atoms with van der Waals surface area (Å²) < 4.78 is 11.0. The van der Waals surface area contributed by atoms with E-state index in [1.807, 2.05) is 49.5 Å². The van der Waals surface area contributed by atoms with Gasteiger partial charge in [-0.05, 0) is 23.3 Å². The van der Waals surface area contributed by atoms with E-state index in [0.29, 0.717) is 19.7 Å². The zero-order valence-corrected chi connectivity index (χ0v) is 15.4. The average Bonchev–Trinajstić information content (AvgIpc) is 2.69. The number of morpholine rings is 1. The molecule has 0 bridgehead atoms. The van der Waals surface area contributed by atoms with E-state index >= 15 is 0 Å². The van der Waals surface area contributed by atoms with Crippen molar-refractivity contribution < 1.29 is 14.3 Å². The number of benzene rings is 2. The lowest BCUT2D eigenvalue weighted by Gasteiger charge is -2.33. The lowest BCUT2D eigenvalue weighted by atomic mass is 10.1. The van der Waals surface area contributed by atoms with E-state index < -0.39 is 0 Å². The van der Waals surface area contributed by atoms with Gasteiger partial charge < -0.3 is 14.4 Å². The topological polar surface area (TPSA) is 42.0 Å². The molecule has 5 heteroatoms. The van der Waals surface area contributed by atoms with Gasteiger partial charge in [0.15, 0.2) is 0 Å². The van der Waals surface area contributed by atoms with E-state index in [-0.39, 0.29) is 12.0 Å². The first-order valence-corrected chi connectivity index (χ1v) is 8.91. The second kappa shape index (κ2) is 8.83. The van der Waals surface area contributed by atoms with Gasteiger partial charge in [-0.25, -0.2) is 0 Å². The molecule has 26 heavy (non-hydrogen) atoms. The predicted molar refractivity (Wildman–Crippen MR) is 101 cm³/mol. The van der Waals surface area contributed by atoms with Crippen molar-refractivity contribution in [3.63, 3.8) is 0 Å². The van der Waals surface area contributed by atoms with Crippen LogP contribution in [-0.4, -0.2) is 56.1 Å². The van der Waals surface area contributed by atoms with Gasteiger partial charge in [0.25, 0.3) is 0 Å². The number of likely N-dealkylation sites (N-methyl/N-ethyl adjacent to an activating group) is 1. The Labute approximate surface area is 155 Å². The maximum atomic E-state index is 12.6. The molecule has 2 aromatic rings. The monoisotopic (exact) mass is 354 g/mol. The fourth-order valence-electron chi connectivity index (χ4n) is 3.12. The Hall–Kier alpha value is -2.37. The quantitative estimate of drug-likeness (QED) is 0.800. The number of methoxy groups -OCH3 is 1. The van der Waals surface area contributed by atoms with Crippen molar-refractivity contribution in [1.29, 1.82) is 0 Å². The third-order valence-corrected chi connectivity index (χ3v) is 4.69. The maximum Gasteiger partial charge on any atom is 0.236 e. The first kappa shape index (κ1) is 18.4. The molecular formula is C21H26N2O3. The number of rotatable bonds is 6. The number of carbonyl (C=O) groups excluding carboxylic acids is 1. The third kappa shape index (κ3) is 4.84. The molecule has 1 aliphatic rings. The third-order valence-electron chi connectivity index (χ3n) is 4.69. The van der Waals surface area contributed by atoms with Crippen LogP contribution in [-0.2, 0) is 16.1 Å². The van der Waals surface area contributed by atoms with Crippen LogP contribution >= 0.6 is 0 Å². The van der Waals surface area contributed by atoms with Crippen molar-refractivity contribution in [3.8, 4) is 5.75 Å². The van der Waals surface area contributed by atoms with Crippen molar-refractivity contribution in [2.45, 2.75) is 12.6 Å². The highest BCUT2D eigenvalue weighted by atomic mass is 16.5. The van der Waals surface area contributed by atoms with Crippen molar-refractivity contribution >= 4 is 5.91 Å². The van der Waals surface area contributed by atoms with Gasteiger partial charge in [0.1, 0.15) is 5.75 Å². The lowest BCUT2D eigenvalue weighted by molar-refractivity contribution is -0.133. The highest BCUT2D eigenvalue weighted by molar-refractivity contribution is 5.78. The van der Waals surface area contributed by atoms with Crippen molar-refractivity contribution in [3.05, 3.63) is 65.7 Å². The molecule has 1 atom stereocenters. The van der Waals surface area contributed by atoms with Crippen LogP contribution < -0.4 is 4.74 Å². The fraction of sp³-hybridized carbons (Fsp3) is 0.381. The normalized spacial score (nSPS) is 17.7. The highest BCUT2D eigenvalue weighted by Crippen LogP contribution is 2.22. The average molecular weight is 354 g/mol. The Balaban J connectivity index is 1.53. The van der Waals surface area contributed by atoms with Crippen LogP contribution in [0.3, 0.4) is 0 Å². The summed E-state index contributed by atoms with van der Waals surface area (Å²) in [5.41, 5.74) is 2.25. The number of hydrogen-bond donors (Lipinski definition) is 0. The van der Waals surface area contributed by atoms with Gasteiger partial charge >= 0.3 is 0 Å². The maximum absolute atomic E-state index is 12.6. The largest absolute Gasteiger partial charge is 0.497 e. The molecule has 0 aromatic heterocycles. The Morgan fingerprint density at radius 3 is 2.62 bits per heavy atom. The van der Waals surface area contributed by atoms with E-state index in [1.54, 1.807) is 12.0 Å². The van der Waals surface area contributed by atoms with Crippen LogP contribution in [0.4, 0.5) is 0 Å². The van der Waals surface area contributed by atoms with Gasteiger partial charge in [0.05, 0.1) is 26.4 Å². The minimum atomic E-state index is 0.0321. The van der Waals surface area contributed by atoms with Gasteiger partial charge in [-0.2, -0.15) is 0 Å². The Morgan fingerprint density at radius 1 is 1.19 bits per heavy atom. The predicted octanol–water partition coefficient (Wildman–Crippen LogP) is 2.73. The number of carbonyl (C=O) groups is 1. The summed E-state index contributed by atoms with van der Waals surface area (Å²) in [6.07, 6.45) is 0.0321. The zero-order chi connectivity index (χ0) is 18.4. The molecule has 1 fully saturated rings. The van der Waals surface area contributed by atoms with Gasteiger partial charge in [-0.1, -0.05) is 42.5 Å². The van der Waals surface area contributed by atoms with Crippen LogP contribution in [0.15, 0.2) is 54.6 Å². The summed E-state index contributed by atoms with van der Waals surface area (Å²) in [7, 11) is 3.50. The second-order valence-electron chi connectivity index (χ2n) is 6.60. The van der Waals surface area contributed by atoms with Crippen molar-refractivity contribution in [2.24, 2.45) is 0 Å². The van der Waals surface area contributed by atoms with Crippen molar-refractivity contribution in [2.75, 3.05) is 40.4 Å². The van der Waals surface area contributed by atoms with Crippen LogP contribution in [0, 0.1) is 0 Å². The number of nitrogens with zero attached hydrogens (tertiary/aromatic N) is 2. The summed E-state index contributed by atoms with van der Waals surface area (Å²) in [5, 5.41) is 0. The molecule has 1 saturated heterocycles.